The van der Waals surface area contributed by atoms with Crippen LogP contribution in [0, 0.1) is 0 Å². The summed E-state index contributed by atoms with van der Waals surface area (Å²) in [6, 6.07) is 0. The molecule has 5 heteroatoms. The van der Waals surface area contributed by atoms with Gasteiger partial charge in [-0.25, -0.2) is 4.98 Å². The fraction of sp³-hybridized carbons (Fsp3) is 0.667. The van der Waals surface area contributed by atoms with Crippen molar-refractivity contribution >= 4 is 11.6 Å². The molecule has 0 saturated carbocycles. The van der Waals surface area contributed by atoms with Crippen molar-refractivity contribution in [2.24, 2.45) is 0 Å². The number of halogens is 1. The predicted octanol–water partition coefficient (Wildman–Crippen LogP) is 1.33. The van der Waals surface area contributed by atoms with Crippen LogP contribution in [-0.2, 0) is 0 Å². The van der Waals surface area contributed by atoms with Gasteiger partial charge in [-0.1, -0.05) is 11.6 Å². The van der Waals surface area contributed by atoms with E-state index in [1.165, 1.54) is 6.33 Å². The molecule has 2 rings (SSSR count). The normalized spacial score (nSPS) is 19.9. The van der Waals surface area contributed by atoms with Gasteiger partial charge in [0.1, 0.15) is 12.0 Å². The van der Waals surface area contributed by atoms with Gasteiger partial charge in [0, 0.05) is 5.92 Å². The van der Waals surface area contributed by atoms with Crippen molar-refractivity contribution < 1.29 is 0 Å². The Hall–Kier alpha value is -0.740. The Morgan fingerprint density at radius 2 is 2.14 bits per heavy atom. The van der Waals surface area contributed by atoms with Crippen molar-refractivity contribution in [2.45, 2.75) is 18.8 Å². The van der Waals surface area contributed by atoms with E-state index in [4.69, 9.17) is 11.6 Å². The van der Waals surface area contributed by atoms with Crippen LogP contribution in [0.5, 0.6) is 0 Å². The summed E-state index contributed by atoms with van der Waals surface area (Å²) in [5.74, 6) is 0.430. The van der Waals surface area contributed by atoms with Gasteiger partial charge in [-0.15, -0.1) is 5.10 Å². The molecular weight excluding hydrogens is 200 g/mol. The number of hydrogen-bond acceptors (Lipinski definition) is 4. The summed E-state index contributed by atoms with van der Waals surface area (Å²) in [7, 11) is 2.13. The number of aromatic nitrogens is 3. The van der Waals surface area contributed by atoms with Crippen LogP contribution in [-0.4, -0.2) is 40.2 Å². The smallest absolute Gasteiger partial charge is 0.154 e. The molecule has 1 fully saturated rings. The fourth-order valence-corrected chi connectivity index (χ4v) is 2.04. The summed E-state index contributed by atoms with van der Waals surface area (Å²) >= 11 is 5.97. The van der Waals surface area contributed by atoms with E-state index in [2.05, 4.69) is 27.1 Å². The maximum atomic E-state index is 5.97. The largest absolute Gasteiger partial charge is 0.306 e. The van der Waals surface area contributed by atoms with Crippen LogP contribution in [0.2, 0.25) is 5.15 Å². The van der Waals surface area contributed by atoms with Gasteiger partial charge in [0.15, 0.2) is 5.15 Å². The van der Waals surface area contributed by atoms with Gasteiger partial charge >= 0.3 is 0 Å². The second kappa shape index (κ2) is 4.19. The van der Waals surface area contributed by atoms with Gasteiger partial charge in [0.25, 0.3) is 0 Å². The quantitative estimate of drug-likeness (QED) is 0.705. The van der Waals surface area contributed by atoms with E-state index in [0.717, 1.165) is 31.6 Å². The number of piperidine rings is 1. The SMILES string of the molecule is CN1CCC(c2nncnc2Cl)CC1. The minimum absolute atomic E-state index is 0.430. The summed E-state index contributed by atoms with van der Waals surface area (Å²) in [6.07, 6.45) is 3.58. The van der Waals surface area contributed by atoms with Gasteiger partial charge in [-0.2, -0.15) is 5.10 Å². The Bertz CT molecular complexity index is 309. The van der Waals surface area contributed by atoms with Crippen molar-refractivity contribution in [3.63, 3.8) is 0 Å². The fourth-order valence-electron chi connectivity index (χ4n) is 1.80. The number of hydrogen-bond donors (Lipinski definition) is 0. The van der Waals surface area contributed by atoms with Crippen LogP contribution < -0.4 is 0 Å². The zero-order valence-corrected chi connectivity index (χ0v) is 8.91. The number of nitrogens with zero attached hydrogens (tertiary/aromatic N) is 4. The van der Waals surface area contributed by atoms with Gasteiger partial charge in [-0.3, -0.25) is 0 Å². The standard InChI is InChI=1S/C9H13ClN4/c1-14-4-2-7(3-5-14)8-9(10)11-6-12-13-8/h6-7H,2-5H2,1H3. The van der Waals surface area contributed by atoms with E-state index in [-0.39, 0.29) is 0 Å². The molecule has 0 radical (unpaired) electrons. The molecular formula is C9H13ClN4. The molecule has 0 unspecified atom stereocenters. The third kappa shape index (κ3) is 2.01. The summed E-state index contributed by atoms with van der Waals surface area (Å²) in [4.78, 5) is 6.27. The van der Waals surface area contributed by atoms with Gasteiger partial charge in [0.05, 0.1) is 0 Å². The summed E-state index contributed by atoms with van der Waals surface area (Å²) in [6.45, 7) is 2.19. The zero-order chi connectivity index (χ0) is 9.97. The third-order valence-electron chi connectivity index (χ3n) is 2.70. The second-order valence-corrected chi connectivity index (χ2v) is 4.07. The lowest BCUT2D eigenvalue weighted by molar-refractivity contribution is 0.252. The van der Waals surface area contributed by atoms with Crippen LogP contribution in [0.4, 0.5) is 0 Å². The molecule has 0 amide bonds. The molecule has 0 aromatic carbocycles. The van der Waals surface area contributed by atoms with Crippen molar-refractivity contribution in [1.29, 1.82) is 0 Å². The first kappa shape index (κ1) is 9.80. The van der Waals surface area contributed by atoms with Crippen molar-refractivity contribution in [3.8, 4) is 0 Å². The van der Waals surface area contributed by atoms with E-state index < -0.39 is 0 Å². The van der Waals surface area contributed by atoms with E-state index in [9.17, 15) is 0 Å². The van der Waals surface area contributed by atoms with E-state index in [1.54, 1.807) is 0 Å². The molecule has 4 nitrogen and oxygen atoms in total. The Labute approximate surface area is 88.3 Å². The van der Waals surface area contributed by atoms with Crippen LogP contribution in [0.15, 0.2) is 6.33 Å². The molecule has 1 aromatic rings. The molecule has 0 bridgehead atoms. The number of rotatable bonds is 1. The highest BCUT2D eigenvalue weighted by molar-refractivity contribution is 6.30. The maximum absolute atomic E-state index is 5.97. The van der Waals surface area contributed by atoms with Crippen molar-refractivity contribution in [2.75, 3.05) is 20.1 Å². The molecule has 0 atom stereocenters. The average Bonchev–Trinajstić information content (AvgIpc) is 2.20. The minimum atomic E-state index is 0.430. The van der Waals surface area contributed by atoms with Crippen molar-refractivity contribution in [3.05, 3.63) is 17.2 Å². The third-order valence-corrected chi connectivity index (χ3v) is 3.00. The first-order chi connectivity index (χ1) is 6.77. The van der Waals surface area contributed by atoms with Crippen LogP contribution in [0.25, 0.3) is 0 Å². The van der Waals surface area contributed by atoms with E-state index in [1.807, 2.05) is 0 Å². The molecule has 2 heterocycles. The van der Waals surface area contributed by atoms with Gasteiger partial charge in [-0.05, 0) is 33.0 Å². The van der Waals surface area contributed by atoms with Gasteiger partial charge in [0.2, 0.25) is 0 Å². The number of likely N-dealkylation sites (tertiary alicyclic amines) is 1. The van der Waals surface area contributed by atoms with Crippen LogP contribution in [0.3, 0.4) is 0 Å². The highest BCUT2D eigenvalue weighted by Crippen LogP contribution is 2.28. The lowest BCUT2D eigenvalue weighted by Gasteiger charge is -2.28. The average molecular weight is 213 g/mol. The minimum Gasteiger partial charge on any atom is -0.306 e. The first-order valence-corrected chi connectivity index (χ1v) is 5.17. The Morgan fingerprint density at radius 1 is 1.43 bits per heavy atom. The lowest BCUT2D eigenvalue weighted by atomic mass is 9.94. The van der Waals surface area contributed by atoms with E-state index in [0.29, 0.717) is 11.1 Å². The second-order valence-electron chi connectivity index (χ2n) is 3.71. The van der Waals surface area contributed by atoms with Crippen molar-refractivity contribution in [1.82, 2.24) is 20.1 Å². The zero-order valence-electron chi connectivity index (χ0n) is 8.15. The maximum Gasteiger partial charge on any atom is 0.154 e. The molecule has 0 N–H and O–H groups in total. The Kier molecular flexibility index (Phi) is 2.93. The first-order valence-electron chi connectivity index (χ1n) is 4.79. The summed E-state index contributed by atoms with van der Waals surface area (Å²) < 4.78 is 0. The molecule has 1 aromatic heterocycles. The summed E-state index contributed by atoms with van der Waals surface area (Å²) in [5, 5.41) is 8.35. The highest BCUT2D eigenvalue weighted by atomic mass is 35.5. The molecule has 1 aliphatic heterocycles. The van der Waals surface area contributed by atoms with Crippen LogP contribution in [0.1, 0.15) is 24.5 Å². The predicted molar refractivity (Wildman–Crippen MR) is 54.3 cm³/mol. The molecule has 1 saturated heterocycles. The summed E-state index contributed by atoms with van der Waals surface area (Å²) in [5.41, 5.74) is 0.863. The molecule has 1 aliphatic rings. The lowest BCUT2D eigenvalue weighted by Crippen LogP contribution is -2.29. The topological polar surface area (TPSA) is 41.9 Å². The highest BCUT2D eigenvalue weighted by Gasteiger charge is 2.22. The molecule has 14 heavy (non-hydrogen) atoms. The Morgan fingerprint density at radius 3 is 2.79 bits per heavy atom. The Balaban J connectivity index is 2.12. The van der Waals surface area contributed by atoms with E-state index >= 15 is 0 Å². The molecule has 0 spiro atoms. The molecule has 0 aliphatic carbocycles. The molecule has 76 valence electrons. The monoisotopic (exact) mass is 212 g/mol. The van der Waals surface area contributed by atoms with Crippen LogP contribution >= 0.6 is 11.6 Å². The van der Waals surface area contributed by atoms with Gasteiger partial charge < -0.3 is 4.90 Å².